The van der Waals surface area contributed by atoms with E-state index in [2.05, 4.69) is 36.8 Å². The Hall–Kier alpha value is 0.590. The molecule has 0 aliphatic heterocycles. The zero-order valence-electron chi connectivity index (χ0n) is 5.81. The predicted molar refractivity (Wildman–Crippen MR) is 54.1 cm³/mol. The van der Waals surface area contributed by atoms with E-state index in [4.69, 9.17) is 0 Å². The van der Waals surface area contributed by atoms with Gasteiger partial charge in [-0.05, 0) is 44.7 Å². The molecule has 0 unspecified atom stereocenters. The first-order chi connectivity index (χ1) is 5.27. The van der Waals surface area contributed by atoms with Crippen LogP contribution in [0.15, 0.2) is 8.39 Å². The Morgan fingerprint density at radius 3 is 2.45 bits per heavy atom. The third-order valence-corrected chi connectivity index (χ3v) is 5.25. The third kappa shape index (κ3) is 1.53. The van der Waals surface area contributed by atoms with Crippen molar-refractivity contribution < 1.29 is 0 Å². The molecule has 1 aromatic rings. The van der Waals surface area contributed by atoms with Crippen LogP contribution in [0.5, 0.6) is 0 Å². The summed E-state index contributed by atoms with van der Waals surface area (Å²) in [6.07, 6.45) is 4.03. The summed E-state index contributed by atoms with van der Waals surface area (Å²) in [5.74, 6) is 0.752. The molecule has 1 fully saturated rings. The summed E-state index contributed by atoms with van der Waals surface area (Å²) in [7, 11) is 0. The summed E-state index contributed by atoms with van der Waals surface area (Å²) in [6, 6.07) is 0. The lowest BCUT2D eigenvalue weighted by molar-refractivity contribution is 0.418. The Morgan fingerprint density at radius 2 is 2.09 bits per heavy atom. The Balaban J connectivity index is 2.24. The molecule has 0 atom stereocenters. The quantitative estimate of drug-likeness (QED) is 0.765. The molecule has 1 heterocycles. The van der Waals surface area contributed by atoms with Gasteiger partial charge in [0, 0.05) is 5.92 Å². The number of aromatic nitrogens is 1. The van der Waals surface area contributed by atoms with E-state index < -0.39 is 0 Å². The van der Waals surface area contributed by atoms with Crippen LogP contribution < -0.4 is 0 Å². The van der Waals surface area contributed by atoms with Gasteiger partial charge < -0.3 is 0 Å². The largest absolute Gasteiger partial charge is 0.233 e. The summed E-state index contributed by atoms with van der Waals surface area (Å²) in [4.78, 5) is 4.42. The molecule has 1 aliphatic rings. The van der Waals surface area contributed by atoms with Crippen molar-refractivity contribution in [3.8, 4) is 0 Å². The zero-order chi connectivity index (χ0) is 7.84. The van der Waals surface area contributed by atoms with Crippen molar-refractivity contribution in [1.29, 1.82) is 0 Å². The van der Waals surface area contributed by atoms with Gasteiger partial charge in [0.15, 0.2) is 0 Å². The monoisotopic (exact) mass is 295 g/mol. The zero-order valence-corrected chi connectivity index (χ0v) is 9.80. The molecule has 1 aliphatic carbocycles. The van der Waals surface area contributed by atoms with Crippen LogP contribution in [-0.2, 0) is 0 Å². The lowest BCUT2D eigenvalue weighted by Crippen LogP contribution is -2.07. The Kier molecular flexibility index (Phi) is 2.35. The molecule has 0 aromatic carbocycles. The van der Waals surface area contributed by atoms with Crippen LogP contribution in [0.1, 0.15) is 30.2 Å². The van der Waals surface area contributed by atoms with Crippen molar-refractivity contribution in [3.05, 3.63) is 13.4 Å². The predicted octanol–water partition coefficient (Wildman–Crippen LogP) is 3.94. The smallest absolute Gasteiger partial charge is 0.131 e. The van der Waals surface area contributed by atoms with Gasteiger partial charge in [-0.15, -0.1) is 11.3 Å². The van der Waals surface area contributed by atoms with Gasteiger partial charge in [0.05, 0.1) is 5.01 Å². The second-order valence-corrected chi connectivity index (χ2v) is 5.84. The highest BCUT2D eigenvalue weighted by Crippen LogP contribution is 2.41. The Labute approximate surface area is 86.5 Å². The van der Waals surface area contributed by atoms with Crippen LogP contribution in [0.2, 0.25) is 0 Å². The first-order valence-corrected chi connectivity index (χ1v) is 5.99. The van der Waals surface area contributed by atoms with E-state index in [0.717, 1.165) is 14.3 Å². The highest BCUT2D eigenvalue weighted by Gasteiger charge is 2.23. The number of hydrogen-bond acceptors (Lipinski definition) is 2. The molecule has 0 spiro atoms. The molecule has 4 heteroatoms. The summed E-state index contributed by atoms with van der Waals surface area (Å²) in [5.41, 5.74) is 0. The van der Waals surface area contributed by atoms with E-state index >= 15 is 0 Å². The fraction of sp³-hybridized carbons (Fsp3) is 0.571. The first-order valence-electron chi connectivity index (χ1n) is 3.59. The van der Waals surface area contributed by atoms with Crippen LogP contribution in [-0.4, -0.2) is 4.98 Å². The fourth-order valence-electron chi connectivity index (χ4n) is 1.13. The van der Waals surface area contributed by atoms with Gasteiger partial charge in [-0.3, -0.25) is 0 Å². The highest BCUT2D eigenvalue weighted by atomic mass is 79.9. The second kappa shape index (κ2) is 3.15. The maximum Gasteiger partial charge on any atom is 0.131 e. The SMILES string of the molecule is Brc1nc(C2CCC2)sc1Br. The van der Waals surface area contributed by atoms with Crippen LogP contribution in [0.25, 0.3) is 0 Å². The van der Waals surface area contributed by atoms with Crippen molar-refractivity contribution in [2.75, 3.05) is 0 Å². The number of thiazole rings is 1. The maximum atomic E-state index is 4.42. The van der Waals surface area contributed by atoms with Gasteiger partial charge in [0.25, 0.3) is 0 Å². The maximum absolute atomic E-state index is 4.42. The van der Waals surface area contributed by atoms with Crippen molar-refractivity contribution in [3.63, 3.8) is 0 Å². The topological polar surface area (TPSA) is 12.9 Å². The number of nitrogens with zero attached hydrogens (tertiary/aromatic N) is 1. The van der Waals surface area contributed by atoms with E-state index in [1.54, 1.807) is 11.3 Å². The third-order valence-electron chi connectivity index (χ3n) is 2.02. The minimum Gasteiger partial charge on any atom is -0.233 e. The average Bonchev–Trinajstić information content (AvgIpc) is 2.08. The standard InChI is InChI=1S/C7H7Br2NS/c8-5-6(9)11-7(10-5)4-2-1-3-4/h4H,1-3H2. The van der Waals surface area contributed by atoms with Crippen LogP contribution in [0.3, 0.4) is 0 Å². The molecular weight excluding hydrogens is 290 g/mol. The molecular formula is C7H7Br2NS. The molecule has 0 bridgehead atoms. The van der Waals surface area contributed by atoms with E-state index in [0.29, 0.717) is 0 Å². The molecule has 60 valence electrons. The lowest BCUT2D eigenvalue weighted by Gasteiger charge is -2.22. The minimum absolute atomic E-state index is 0.752. The van der Waals surface area contributed by atoms with Crippen LogP contribution in [0, 0.1) is 0 Å². The fourth-order valence-corrected chi connectivity index (χ4v) is 3.12. The molecule has 0 N–H and O–H groups in total. The molecule has 1 saturated carbocycles. The highest BCUT2D eigenvalue weighted by molar-refractivity contribution is 9.13. The number of rotatable bonds is 1. The van der Waals surface area contributed by atoms with Gasteiger partial charge in [0.1, 0.15) is 8.39 Å². The second-order valence-electron chi connectivity index (χ2n) is 2.74. The van der Waals surface area contributed by atoms with Crippen molar-refractivity contribution in [2.45, 2.75) is 25.2 Å². The Bertz CT molecular complexity index is 248. The van der Waals surface area contributed by atoms with E-state index in [1.807, 2.05) is 0 Å². The van der Waals surface area contributed by atoms with Gasteiger partial charge in [-0.1, -0.05) is 6.42 Å². The molecule has 0 saturated heterocycles. The molecule has 2 rings (SSSR count). The van der Waals surface area contributed by atoms with Crippen molar-refractivity contribution in [1.82, 2.24) is 4.98 Å². The summed E-state index contributed by atoms with van der Waals surface area (Å²) < 4.78 is 2.09. The lowest BCUT2D eigenvalue weighted by atomic mass is 9.86. The summed E-state index contributed by atoms with van der Waals surface area (Å²) in [6.45, 7) is 0. The number of hydrogen-bond donors (Lipinski definition) is 0. The van der Waals surface area contributed by atoms with Crippen molar-refractivity contribution >= 4 is 43.2 Å². The summed E-state index contributed by atoms with van der Waals surface area (Å²) >= 11 is 8.59. The Morgan fingerprint density at radius 1 is 1.36 bits per heavy atom. The van der Waals surface area contributed by atoms with Crippen molar-refractivity contribution in [2.24, 2.45) is 0 Å². The van der Waals surface area contributed by atoms with Gasteiger partial charge >= 0.3 is 0 Å². The van der Waals surface area contributed by atoms with E-state index in [-0.39, 0.29) is 0 Å². The van der Waals surface area contributed by atoms with Gasteiger partial charge in [-0.2, -0.15) is 0 Å². The molecule has 1 aromatic heterocycles. The number of halogens is 2. The van der Waals surface area contributed by atoms with Gasteiger partial charge in [0.2, 0.25) is 0 Å². The van der Waals surface area contributed by atoms with Gasteiger partial charge in [-0.25, -0.2) is 4.98 Å². The molecule has 0 amide bonds. The van der Waals surface area contributed by atoms with E-state index in [1.165, 1.54) is 24.3 Å². The average molecular weight is 297 g/mol. The molecule has 11 heavy (non-hydrogen) atoms. The molecule has 1 nitrogen and oxygen atoms in total. The van der Waals surface area contributed by atoms with Crippen LogP contribution >= 0.6 is 43.2 Å². The molecule has 0 radical (unpaired) electrons. The van der Waals surface area contributed by atoms with Crippen LogP contribution in [0.4, 0.5) is 0 Å². The minimum atomic E-state index is 0.752. The van der Waals surface area contributed by atoms with E-state index in [9.17, 15) is 0 Å². The summed E-state index contributed by atoms with van der Waals surface area (Å²) in [5, 5.41) is 1.29. The first kappa shape index (κ1) is 8.20. The normalized spacial score (nSPS) is 18.4.